The van der Waals surface area contributed by atoms with Gasteiger partial charge in [-0.05, 0) is 12.3 Å². The highest BCUT2D eigenvalue weighted by Gasteiger charge is 2.15. The number of hydrogen-bond donors (Lipinski definition) is 0. The predicted molar refractivity (Wildman–Crippen MR) is 67.6 cm³/mol. The standard InChI is InChI=1S/C10H10BrNO3S/c1-16-10-3-2-7(12(14)15)6-8(10)9(13)4-5-11/h2-3,6H,4-5H2,1H3. The lowest BCUT2D eigenvalue weighted by atomic mass is 10.1. The van der Waals surface area contributed by atoms with Crippen LogP contribution in [0.4, 0.5) is 5.69 Å². The van der Waals surface area contributed by atoms with E-state index in [0.717, 1.165) is 4.90 Å². The number of alkyl halides is 1. The number of ketones is 1. The maximum atomic E-state index is 11.7. The first-order valence-corrected chi connectivity index (χ1v) is 6.86. The zero-order chi connectivity index (χ0) is 12.1. The molecule has 0 aliphatic rings. The van der Waals surface area contributed by atoms with Crippen LogP contribution in [0.3, 0.4) is 0 Å². The molecule has 86 valence electrons. The quantitative estimate of drug-likeness (QED) is 0.275. The fourth-order valence-corrected chi connectivity index (χ4v) is 2.20. The summed E-state index contributed by atoms with van der Waals surface area (Å²) in [6, 6.07) is 4.37. The van der Waals surface area contributed by atoms with E-state index in [9.17, 15) is 14.9 Å². The van der Waals surface area contributed by atoms with Gasteiger partial charge in [-0.25, -0.2) is 0 Å². The van der Waals surface area contributed by atoms with Crippen molar-refractivity contribution in [2.75, 3.05) is 11.6 Å². The first-order chi connectivity index (χ1) is 7.60. The molecule has 0 heterocycles. The van der Waals surface area contributed by atoms with E-state index < -0.39 is 4.92 Å². The smallest absolute Gasteiger partial charge is 0.270 e. The first-order valence-electron chi connectivity index (χ1n) is 4.51. The minimum absolute atomic E-state index is 0.0456. The van der Waals surface area contributed by atoms with Crippen LogP contribution in [0.25, 0.3) is 0 Å². The van der Waals surface area contributed by atoms with Crippen molar-refractivity contribution in [1.29, 1.82) is 0 Å². The van der Waals surface area contributed by atoms with Gasteiger partial charge in [-0.15, -0.1) is 11.8 Å². The van der Waals surface area contributed by atoms with Crippen LogP contribution >= 0.6 is 27.7 Å². The lowest BCUT2D eigenvalue weighted by Crippen LogP contribution is -2.02. The monoisotopic (exact) mass is 303 g/mol. The molecule has 0 saturated carbocycles. The third-order valence-corrected chi connectivity index (χ3v) is 3.21. The lowest BCUT2D eigenvalue weighted by Gasteiger charge is -2.05. The molecule has 0 unspecified atom stereocenters. The summed E-state index contributed by atoms with van der Waals surface area (Å²) in [5.74, 6) is -0.0788. The van der Waals surface area contributed by atoms with Gasteiger partial charge in [0, 0.05) is 34.3 Å². The van der Waals surface area contributed by atoms with Crippen LogP contribution in [-0.2, 0) is 0 Å². The Bertz CT molecular complexity index is 423. The van der Waals surface area contributed by atoms with Gasteiger partial charge in [0.2, 0.25) is 0 Å². The molecule has 0 saturated heterocycles. The Labute approximate surface area is 106 Å². The van der Waals surface area contributed by atoms with E-state index in [1.54, 1.807) is 6.07 Å². The number of rotatable bonds is 5. The number of Topliss-reactive ketones (excluding diaryl/α,β-unsaturated/α-hetero) is 1. The van der Waals surface area contributed by atoms with Gasteiger partial charge >= 0.3 is 0 Å². The largest absolute Gasteiger partial charge is 0.294 e. The molecule has 0 atom stereocenters. The number of benzene rings is 1. The molecule has 0 fully saturated rings. The highest BCUT2D eigenvalue weighted by atomic mass is 79.9. The topological polar surface area (TPSA) is 60.2 Å². The molecule has 0 spiro atoms. The first kappa shape index (κ1) is 13.2. The maximum Gasteiger partial charge on any atom is 0.270 e. The van der Waals surface area contributed by atoms with E-state index in [1.807, 2.05) is 6.26 Å². The number of hydrogen-bond acceptors (Lipinski definition) is 4. The SMILES string of the molecule is CSc1ccc([N+](=O)[O-])cc1C(=O)CCBr. The van der Waals surface area contributed by atoms with Crippen LogP contribution in [-0.4, -0.2) is 22.3 Å². The highest BCUT2D eigenvalue weighted by molar-refractivity contribution is 9.09. The van der Waals surface area contributed by atoms with E-state index in [0.29, 0.717) is 17.3 Å². The molecule has 16 heavy (non-hydrogen) atoms. The Hall–Kier alpha value is -0.880. The Kier molecular flexibility index (Phi) is 4.95. The van der Waals surface area contributed by atoms with Gasteiger partial charge in [0.1, 0.15) is 0 Å². The fraction of sp³-hybridized carbons (Fsp3) is 0.300. The van der Waals surface area contributed by atoms with E-state index in [4.69, 9.17) is 0 Å². The molecule has 1 aromatic rings. The fourth-order valence-electron chi connectivity index (χ4n) is 1.25. The summed E-state index contributed by atoms with van der Waals surface area (Å²) in [5, 5.41) is 11.2. The van der Waals surface area contributed by atoms with Gasteiger partial charge in [0.15, 0.2) is 5.78 Å². The van der Waals surface area contributed by atoms with Crippen molar-refractivity contribution < 1.29 is 9.72 Å². The van der Waals surface area contributed by atoms with Gasteiger partial charge < -0.3 is 0 Å². The van der Waals surface area contributed by atoms with Gasteiger partial charge in [-0.3, -0.25) is 14.9 Å². The normalized spacial score (nSPS) is 10.1. The van der Waals surface area contributed by atoms with Crippen LogP contribution in [0, 0.1) is 10.1 Å². The van der Waals surface area contributed by atoms with Gasteiger partial charge in [-0.2, -0.15) is 0 Å². The average molecular weight is 304 g/mol. The van der Waals surface area contributed by atoms with Crippen LogP contribution in [0.2, 0.25) is 0 Å². The van der Waals surface area contributed by atoms with E-state index in [-0.39, 0.29) is 11.5 Å². The summed E-state index contributed by atoms with van der Waals surface area (Å²) in [5.41, 5.74) is 0.386. The van der Waals surface area contributed by atoms with Crippen LogP contribution in [0.5, 0.6) is 0 Å². The Morgan fingerprint density at radius 2 is 2.25 bits per heavy atom. The zero-order valence-corrected chi connectivity index (χ0v) is 11.0. The summed E-state index contributed by atoms with van der Waals surface area (Å²) in [6.45, 7) is 0. The Morgan fingerprint density at radius 1 is 1.56 bits per heavy atom. The van der Waals surface area contributed by atoms with Crippen LogP contribution in [0.15, 0.2) is 23.1 Å². The van der Waals surface area contributed by atoms with Crippen LogP contribution in [0.1, 0.15) is 16.8 Å². The second-order valence-electron chi connectivity index (χ2n) is 3.00. The van der Waals surface area contributed by atoms with E-state index >= 15 is 0 Å². The second-order valence-corrected chi connectivity index (χ2v) is 4.64. The van der Waals surface area contributed by atoms with Crippen molar-refractivity contribution in [3.8, 4) is 0 Å². The zero-order valence-electron chi connectivity index (χ0n) is 8.60. The third kappa shape index (κ3) is 3.05. The molecule has 0 aromatic heterocycles. The predicted octanol–water partition coefficient (Wildman–Crippen LogP) is 3.28. The number of nitro benzene ring substituents is 1. The van der Waals surface area contributed by atoms with Gasteiger partial charge in [0.25, 0.3) is 5.69 Å². The number of thioether (sulfide) groups is 1. The van der Waals surface area contributed by atoms with E-state index in [1.165, 1.54) is 23.9 Å². The highest BCUT2D eigenvalue weighted by Crippen LogP contribution is 2.26. The Morgan fingerprint density at radius 3 is 2.75 bits per heavy atom. The number of nitro groups is 1. The molecule has 0 radical (unpaired) electrons. The Balaban J connectivity index is 3.16. The average Bonchev–Trinajstić information content (AvgIpc) is 2.28. The summed E-state index contributed by atoms with van der Waals surface area (Å²) in [4.78, 5) is 22.6. The van der Waals surface area contributed by atoms with Gasteiger partial charge in [0.05, 0.1) is 4.92 Å². The molecule has 0 bridgehead atoms. The second kappa shape index (κ2) is 6.00. The van der Waals surface area contributed by atoms with Crippen molar-refractivity contribution in [3.05, 3.63) is 33.9 Å². The molecule has 0 N–H and O–H groups in total. The van der Waals surface area contributed by atoms with Gasteiger partial charge in [-0.1, -0.05) is 15.9 Å². The molecule has 6 heteroatoms. The molecular weight excluding hydrogens is 294 g/mol. The molecule has 0 aliphatic heterocycles. The molecule has 4 nitrogen and oxygen atoms in total. The van der Waals surface area contributed by atoms with Crippen molar-refractivity contribution in [2.45, 2.75) is 11.3 Å². The molecular formula is C10H10BrNO3S. The van der Waals surface area contributed by atoms with Crippen molar-refractivity contribution in [1.82, 2.24) is 0 Å². The maximum absolute atomic E-state index is 11.7. The molecule has 0 amide bonds. The summed E-state index contributed by atoms with van der Waals surface area (Å²) >= 11 is 4.59. The number of carbonyl (C=O) groups excluding carboxylic acids is 1. The van der Waals surface area contributed by atoms with Crippen molar-refractivity contribution in [3.63, 3.8) is 0 Å². The number of carbonyl (C=O) groups is 1. The minimum atomic E-state index is -0.491. The van der Waals surface area contributed by atoms with Crippen LogP contribution < -0.4 is 0 Å². The molecule has 1 rings (SSSR count). The summed E-state index contributed by atoms with van der Waals surface area (Å²) < 4.78 is 0. The summed E-state index contributed by atoms with van der Waals surface area (Å²) in [6.07, 6.45) is 2.18. The minimum Gasteiger partial charge on any atom is -0.294 e. The summed E-state index contributed by atoms with van der Waals surface area (Å²) in [7, 11) is 0. The third-order valence-electron chi connectivity index (χ3n) is 2.02. The number of halogens is 1. The number of non-ortho nitro benzene ring substituents is 1. The molecule has 0 aliphatic carbocycles. The van der Waals surface area contributed by atoms with E-state index in [2.05, 4.69) is 15.9 Å². The van der Waals surface area contributed by atoms with Crippen molar-refractivity contribution >= 4 is 39.2 Å². The number of nitrogens with zero attached hydrogens (tertiary/aromatic N) is 1. The van der Waals surface area contributed by atoms with Crippen molar-refractivity contribution in [2.24, 2.45) is 0 Å². The molecule has 1 aromatic carbocycles. The lowest BCUT2D eigenvalue weighted by molar-refractivity contribution is -0.384.